The summed E-state index contributed by atoms with van der Waals surface area (Å²) < 4.78 is 1.12. The van der Waals surface area contributed by atoms with E-state index in [9.17, 15) is 5.11 Å². The molecule has 1 saturated carbocycles. The van der Waals surface area contributed by atoms with Crippen LogP contribution in [0.25, 0.3) is 0 Å². The van der Waals surface area contributed by atoms with Gasteiger partial charge in [0.05, 0.1) is 6.10 Å². The van der Waals surface area contributed by atoms with Crippen LogP contribution in [0.3, 0.4) is 0 Å². The van der Waals surface area contributed by atoms with Crippen LogP contribution in [-0.2, 0) is 0 Å². The largest absolute Gasteiger partial charge is 0.393 e. The van der Waals surface area contributed by atoms with Crippen LogP contribution in [0.5, 0.6) is 0 Å². The van der Waals surface area contributed by atoms with Gasteiger partial charge in [0, 0.05) is 9.89 Å². The molecule has 2 heteroatoms. The fourth-order valence-electron chi connectivity index (χ4n) is 2.53. The predicted molar refractivity (Wildman–Crippen MR) is 65.9 cm³/mol. The Hall–Kier alpha value is -0.340. The molecule has 0 bridgehead atoms. The fraction of sp³-hybridized carbons (Fsp3) is 0.538. The van der Waals surface area contributed by atoms with E-state index in [1.54, 1.807) is 0 Å². The van der Waals surface area contributed by atoms with Gasteiger partial charge in [-0.2, -0.15) is 0 Å². The lowest BCUT2D eigenvalue weighted by Crippen LogP contribution is -2.49. The summed E-state index contributed by atoms with van der Waals surface area (Å²) in [4.78, 5) is 0. The fourth-order valence-corrected chi connectivity index (χ4v) is 2.79. The first-order valence-electron chi connectivity index (χ1n) is 5.51. The van der Waals surface area contributed by atoms with E-state index in [-0.39, 0.29) is 11.5 Å². The van der Waals surface area contributed by atoms with Gasteiger partial charge in [-0.05, 0) is 36.5 Å². The van der Waals surface area contributed by atoms with E-state index in [1.807, 2.05) is 0 Å². The summed E-state index contributed by atoms with van der Waals surface area (Å²) >= 11 is 3.44. The second-order valence-electron chi connectivity index (χ2n) is 4.72. The number of hydrogen-bond acceptors (Lipinski definition) is 1. The highest BCUT2D eigenvalue weighted by atomic mass is 79.9. The lowest BCUT2D eigenvalue weighted by atomic mass is 9.55. The van der Waals surface area contributed by atoms with E-state index in [4.69, 9.17) is 0 Å². The van der Waals surface area contributed by atoms with Crippen LogP contribution in [0, 0.1) is 5.41 Å². The first-order chi connectivity index (χ1) is 7.08. The monoisotopic (exact) mass is 268 g/mol. The molecule has 1 aliphatic carbocycles. The van der Waals surface area contributed by atoms with Gasteiger partial charge in [0.25, 0.3) is 0 Å². The maximum absolute atomic E-state index is 9.84. The molecule has 0 aliphatic heterocycles. The highest BCUT2D eigenvalue weighted by Crippen LogP contribution is 2.54. The summed E-state index contributed by atoms with van der Waals surface area (Å²) in [6.07, 6.45) is 1.82. The topological polar surface area (TPSA) is 20.2 Å². The van der Waals surface area contributed by atoms with Crippen molar-refractivity contribution in [3.8, 4) is 0 Å². The molecule has 15 heavy (non-hydrogen) atoms. The first kappa shape index (κ1) is 11.2. The van der Waals surface area contributed by atoms with E-state index in [1.165, 1.54) is 5.56 Å². The van der Waals surface area contributed by atoms with Gasteiger partial charge in [0.1, 0.15) is 0 Å². The van der Waals surface area contributed by atoms with Gasteiger partial charge in [-0.3, -0.25) is 0 Å². The van der Waals surface area contributed by atoms with E-state index in [0.29, 0.717) is 5.92 Å². The molecule has 0 spiro atoms. The summed E-state index contributed by atoms with van der Waals surface area (Å²) in [5.74, 6) is 0.519. The third kappa shape index (κ3) is 1.74. The summed E-state index contributed by atoms with van der Waals surface area (Å²) in [5.41, 5.74) is 1.43. The van der Waals surface area contributed by atoms with Crippen LogP contribution in [0.2, 0.25) is 0 Å². The van der Waals surface area contributed by atoms with Crippen molar-refractivity contribution in [2.75, 3.05) is 0 Å². The lowest BCUT2D eigenvalue weighted by molar-refractivity contribution is -0.0777. The van der Waals surface area contributed by atoms with Crippen molar-refractivity contribution in [2.45, 2.75) is 38.7 Å². The molecule has 1 fully saturated rings. The Balaban J connectivity index is 2.23. The van der Waals surface area contributed by atoms with Gasteiger partial charge in [0.2, 0.25) is 0 Å². The van der Waals surface area contributed by atoms with Crippen molar-refractivity contribution in [3.05, 3.63) is 34.3 Å². The van der Waals surface area contributed by atoms with Crippen molar-refractivity contribution < 1.29 is 5.11 Å². The molecule has 2 rings (SSSR count). The van der Waals surface area contributed by atoms with Gasteiger partial charge >= 0.3 is 0 Å². The van der Waals surface area contributed by atoms with Crippen molar-refractivity contribution >= 4 is 15.9 Å². The predicted octanol–water partition coefficient (Wildman–Crippen LogP) is 3.71. The minimum atomic E-state index is -0.129. The lowest BCUT2D eigenvalue weighted by Gasteiger charge is -2.51. The number of hydrogen-bond donors (Lipinski definition) is 1. The van der Waals surface area contributed by atoms with E-state index in [0.717, 1.165) is 17.3 Å². The third-order valence-electron chi connectivity index (χ3n) is 4.05. The molecule has 1 aliphatic rings. The molecule has 0 saturated heterocycles. The molecule has 1 nitrogen and oxygen atoms in total. The average molecular weight is 269 g/mol. The summed E-state index contributed by atoms with van der Waals surface area (Å²) in [7, 11) is 0. The number of aliphatic hydroxyl groups excluding tert-OH is 1. The van der Waals surface area contributed by atoms with E-state index < -0.39 is 0 Å². The molecule has 0 aromatic heterocycles. The normalized spacial score (nSPS) is 34.9. The quantitative estimate of drug-likeness (QED) is 0.867. The summed E-state index contributed by atoms with van der Waals surface area (Å²) in [6.45, 7) is 4.35. The molecule has 0 radical (unpaired) electrons. The molecular weight excluding hydrogens is 252 g/mol. The molecule has 1 aromatic rings. The Kier molecular flexibility index (Phi) is 2.91. The number of rotatable bonds is 2. The zero-order valence-corrected chi connectivity index (χ0v) is 10.8. The van der Waals surface area contributed by atoms with Crippen molar-refractivity contribution in [3.63, 3.8) is 0 Å². The van der Waals surface area contributed by atoms with Crippen LogP contribution >= 0.6 is 15.9 Å². The standard InChI is InChI=1S/C13H17BrO/c1-3-13(2)11(8-12(13)15)9-4-6-10(14)7-5-9/h4-7,11-12,15H,3,8H2,1-2H3. The summed E-state index contributed by atoms with van der Waals surface area (Å²) in [6, 6.07) is 8.48. The Labute approximate surface area is 99.6 Å². The number of halogens is 1. The van der Waals surface area contributed by atoms with Crippen molar-refractivity contribution in [2.24, 2.45) is 5.41 Å². The van der Waals surface area contributed by atoms with Gasteiger partial charge in [-0.1, -0.05) is 41.9 Å². The molecule has 82 valence electrons. The Bertz CT molecular complexity index is 346. The van der Waals surface area contributed by atoms with Gasteiger partial charge < -0.3 is 5.11 Å². The minimum Gasteiger partial charge on any atom is -0.393 e. The van der Waals surface area contributed by atoms with Crippen LogP contribution in [0.4, 0.5) is 0 Å². The molecule has 3 unspecified atom stereocenters. The Morgan fingerprint density at radius 1 is 1.40 bits per heavy atom. The second kappa shape index (κ2) is 3.91. The summed E-state index contributed by atoms with van der Waals surface area (Å²) in [5, 5.41) is 9.84. The SMILES string of the molecule is CCC1(C)C(O)CC1c1ccc(Br)cc1. The number of benzene rings is 1. The van der Waals surface area contributed by atoms with Crippen molar-refractivity contribution in [1.82, 2.24) is 0 Å². The highest BCUT2D eigenvalue weighted by molar-refractivity contribution is 9.10. The number of aliphatic hydroxyl groups is 1. The maximum atomic E-state index is 9.84. The highest BCUT2D eigenvalue weighted by Gasteiger charge is 2.49. The molecule has 0 heterocycles. The zero-order valence-electron chi connectivity index (χ0n) is 9.20. The molecule has 1 aromatic carbocycles. The Morgan fingerprint density at radius 2 is 2.00 bits per heavy atom. The molecule has 3 atom stereocenters. The second-order valence-corrected chi connectivity index (χ2v) is 5.63. The van der Waals surface area contributed by atoms with Crippen molar-refractivity contribution in [1.29, 1.82) is 0 Å². The first-order valence-corrected chi connectivity index (χ1v) is 6.30. The average Bonchev–Trinajstić information content (AvgIpc) is 2.26. The molecular formula is C13H17BrO. The Morgan fingerprint density at radius 3 is 2.47 bits per heavy atom. The van der Waals surface area contributed by atoms with Gasteiger partial charge in [-0.15, -0.1) is 0 Å². The van der Waals surface area contributed by atoms with Gasteiger partial charge in [-0.25, -0.2) is 0 Å². The van der Waals surface area contributed by atoms with E-state index >= 15 is 0 Å². The van der Waals surface area contributed by atoms with Crippen LogP contribution in [0.15, 0.2) is 28.7 Å². The van der Waals surface area contributed by atoms with E-state index in [2.05, 4.69) is 54.0 Å². The third-order valence-corrected chi connectivity index (χ3v) is 4.58. The smallest absolute Gasteiger partial charge is 0.0605 e. The van der Waals surface area contributed by atoms with Crippen LogP contribution in [-0.4, -0.2) is 11.2 Å². The molecule has 0 amide bonds. The minimum absolute atomic E-state index is 0.0772. The van der Waals surface area contributed by atoms with Gasteiger partial charge in [0.15, 0.2) is 0 Å². The maximum Gasteiger partial charge on any atom is 0.0605 e. The molecule has 1 N–H and O–H groups in total. The zero-order chi connectivity index (χ0) is 11.1. The van der Waals surface area contributed by atoms with Crippen LogP contribution < -0.4 is 0 Å². The van der Waals surface area contributed by atoms with Crippen LogP contribution in [0.1, 0.15) is 38.2 Å².